The molecule has 1 amide bonds. The Morgan fingerprint density at radius 2 is 2.11 bits per heavy atom. The Morgan fingerprint density at radius 3 is 2.83 bits per heavy atom. The molecule has 7 nitrogen and oxygen atoms in total. The Labute approximate surface area is 111 Å². The first kappa shape index (κ1) is 12.4. The predicted molar refractivity (Wildman–Crippen MR) is 69.7 cm³/mol. The molecule has 0 saturated carbocycles. The number of nitrogens with two attached hydrogens (primary N) is 1. The van der Waals surface area contributed by atoms with Crippen molar-refractivity contribution in [3.63, 3.8) is 0 Å². The number of nitrogen functional groups attached to an aromatic ring is 1. The van der Waals surface area contributed by atoms with Crippen molar-refractivity contribution in [1.29, 1.82) is 0 Å². The number of aromatic nitrogens is 3. The highest BCUT2D eigenvalue weighted by Crippen LogP contribution is 2.20. The number of hydrogen-bond donors (Lipinski definition) is 3. The van der Waals surface area contributed by atoms with E-state index in [0.29, 0.717) is 16.0 Å². The fourth-order valence-electron chi connectivity index (χ4n) is 1.21. The lowest BCUT2D eigenvalue weighted by Gasteiger charge is -2.06. The van der Waals surface area contributed by atoms with Crippen LogP contribution in [0.15, 0.2) is 35.3 Å². The smallest absolute Gasteiger partial charge is 0.275 e. The maximum atomic E-state index is 11.9. The second kappa shape index (κ2) is 5.52. The fraction of sp³-hybridized carbons (Fsp3) is 0. The largest absolute Gasteiger partial charge is 0.319 e. The zero-order valence-corrected chi connectivity index (χ0v) is 10.7. The number of nitrogens with one attached hydrogen (secondary N) is 2. The van der Waals surface area contributed by atoms with Crippen LogP contribution in [0.5, 0.6) is 0 Å². The molecule has 0 aliphatic heterocycles. The highest BCUT2D eigenvalue weighted by molar-refractivity contribution is 9.10. The number of anilines is 2. The lowest BCUT2D eigenvalue weighted by Crippen LogP contribution is -2.17. The van der Waals surface area contributed by atoms with E-state index < -0.39 is 0 Å². The van der Waals surface area contributed by atoms with Crippen molar-refractivity contribution in [2.24, 2.45) is 5.84 Å². The molecule has 18 heavy (non-hydrogen) atoms. The van der Waals surface area contributed by atoms with Gasteiger partial charge in [0.05, 0.1) is 22.6 Å². The molecule has 8 heteroatoms. The molecule has 92 valence electrons. The fourth-order valence-corrected chi connectivity index (χ4v) is 1.56. The first-order valence-corrected chi connectivity index (χ1v) is 5.69. The standard InChI is InChI=1S/C10H9BrN6O/c11-6-3-13-2-1-7(6)16-10(18)8-4-14-5-9(15-8)17-12/h1-5H,12H2,(H,15,17)(H,13,16,18). The number of hydrazine groups is 1. The van der Waals surface area contributed by atoms with E-state index in [1.54, 1.807) is 18.5 Å². The van der Waals surface area contributed by atoms with Gasteiger partial charge in [0.1, 0.15) is 5.69 Å². The molecule has 0 aliphatic rings. The number of hydrogen-bond acceptors (Lipinski definition) is 6. The molecule has 2 heterocycles. The summed E-state index contributed by atoms with van der Waals surface area (Å²) in [4.78, 5) is 23.6. The second-order valence-corrected chi connectivity index (χ2v) is 4.10. The summed E-state index contributed by atoms with van der Waals surface area (Å²) in [6.07, 6.45) is 5.92. The molecular formula is C10H9BrN6O. The summed E-state index contributed by atoms with van der Waals surface area (Å²) in [5, 5.41) is 2.68. The Hall–Kier alpha value is -2.06. The molecular weight excluding hydrogens is 300 g/mol. The molecule has 0 aromatic carbocycles. The molecule has 0 unspecified atom stereocenters. The summed E-state index contributed by atoms with van der Waals surface area (Å²) in [5.74, 6) is 5.13. The monoisotopic (exact) mass is 308 g/mol. The summed E-state index contributed by atoms with van der Waals surface area (Å²) in [6, 6.07) is 1.67. The Balaban J connectivity index is 2.19. The Bertz CT molecular complexity index is 576. The van der Waals surface area contributed by atoms with Crippen LogP contribution >= 0.6 is 15.9 Å². The van der Waals surface area contributed by atoms with Crippen LogP contribution in [0.3, 0.4) is 0 Å². The minimum atomic E-state index is -0.383. The van der Waals surface area contributed by atoms with Crippen LogP contribution in [-0.2, 0) is 0 Å². The number of halogens is 1. The Kier molecular flexibility index (Phi) is 3.80. The van der Waals surface area contributed by atoms with Crippen LogP contribution in [0.1, 0.15) is 10.5 Å². The van der Waals surface area contributed by atoms with Gasteiger partial charge in [-0.15, -0.1) is 0 Å². The highest BCUT2D eigenvalue weighted by Gasteiger charge is 2.10. The van der Waals surface area contributed by atoms with Crippen LogP contribution in [0, 0.1) is 0 Å². The van der Waals surface area contributed by atoms with Crippen molar-refractivity contribution < 1.29 is 4.79 Å². The van der Waals surface area contributed by atoms with E-state index in [0.717, 1.165) is 0 Å². The number of pyridine rings is 1. The van der Waals surface area contributed by atoms with E-state index >= 15 is 0 Å². The van der Waals surface area contributed by atoms with Crippen LogP contribution in [0.4, 0.5) is 11.5 Å². The van der Waals surface area contributed by atoms with E-state index in [1.165, 1.54) is 12.4 Å². The van der Waals surface area contributed by atoms with Crippen LogP contribution in [0.2, 0.25) is 0 Å². The SMILES string of the molecule is NNc1cncc(C(=O)Nc2ccncc2Br)n1. The van der Waals surface area contributed by atoms with Crippen molar-refractivity contribution in [3.8, 4) is 0 Å². The number of amides is 1. The third-order valence-electron chi connectivity index (χ3n) is 2.04. The van der Waals surface area contributed by atoms with Crippen molar-refractivity contribution in [3.05, 3.63) is 41.0 Å². The topological polar surface area (TPSA) is 106 Å². The number of nitrogens with zero attached hydrogens (tertiary/aromatic N) is 3. The molecule has 4 N–H and O–H groups in total. The number of carbonyl (C=O) groups excluding carboxylic acids is 1. The maximum absolute atomic E-state index is 11.9. The zero-order chi connectivity index (χ0) is 13.0. The van der Waals surface area contributed by atoms with E-state index in [9.17, 15) is 4.79 Å². The average molecular weight is 309 g/mol. The van der Waals surface area contributed by atoms with E-state index in [-0.39, 0.29) is 11.6 Å². The number of carbonyl (C=O) groups is 1. The van der Waals surface area contributed by atoms with Crippen LogP contribution in [0.25, 0.3) is 0 Å². The molecule has 2 rings (SSSR count). The van der Waals surface area contributed by atoms with Gasteiger partial charge < -0.3 is 10.7 Å². The summed E-state index contributed by atoms with van der Waals surface area (Å²) in [7, 11) is 0. The van der Waals surface area contributed by atoms with Gasteiger partial charge in [0.15, 0.2) is 5.82 Å². The molecule has 2 aromatic heterocycles. The van der Waals surface area contributed by atoms with Crippen molar-refractivity contribution in [2.45, 2.75) is 0 Å². The van der Waals surface area contributed by atoms with Gasteiger partial charge in [0, 0.05) is 12.4 Å². The van der Waals surface area contributed by atoms with Crippen molar-refractivity contribution in [2.75, 3.05) is 10.7 Å². The predicted octanol–water partition coefficient (Wildman–Crippen LogP) is 1.17. The summed E-state index contributed by atoms with van der Waals surface area (Å²) in [6.45, 7) is 0. The number of rotatable bonds is 3. The molecule has 0 saturated heterocycles. The van der Waals surface area contributed by atoms with Gasteiger partial charge in [-0.2, -0.15) is 0 Å². The quantitative estimate of drug-likeness (QED) is 0.580. The third kappa shape index (κ3) is 2.79. The molecule has 2 aromatic rings. The first-order valence-electron chi connectivity index (χ1n) is 4.90. The second-order valence-electron chi connectivity index (χ2n) is 3.24. The normalized spacial score (nSPS) is 9.89. The third-order valence-corrected chi connectivity index (χ3v) is 2.67. The summed E-state index contributed by atoms with van der Waals surface area (Å²) in [5.41, 5.74) is 3.09. The van der Waals surface area contributed by atoms with Gasteiger partial charge in [-0.25, -0.2) is 10.8 Å². The minimum absolute atomic E-state index is 0.161. The molecule has 0 atom stereocenters. The van der Waals surface area contributed by atoms with Gasteiger partial charge in [0.25, 0.3) is 5.91 Å². The first-order chi connectivity index (χ1) is 8.70. The van der Waals surface area contributed by atoms with E-state index in [4.69, 9.17) is 5.84 Å². The summed E-state index contributed by atoms with van der Waals surface area (Å²) >= 11 is 3.28. The lowest BCUT2D eigenvalue weighted by molar-refractivity contribution is 0.102. The molecule has 0 bridgehead atoms. The maximum Gasteiger partial charge on any atom is 0.275 e. The van der Waals surface area contributed by atoms with Crippen LogP contribution in [-0.4, -0.2) is 20.9 Å². The van der Waals surface area contributed by atoms with Gasteiger partial charge in [-0.05, 0) is 22.0 Å². The zero-order valence-electron chi connectivity index (χ0n) is 9.09. The van der Waals surface area contributed by atoms with E-state index in [2.05, 4.69) is 41.6 Å². The van der Waals surface area contributed by atoms with Gasteiger partial charge in [-0.3, -0.25) is 14.8 Å². The minimum Gasteiger partial charge on any atom is -0.319 e. The molecule has 0 aliphatic carbocycles. The Morgan fingerprint density at radius 1 is 1.28 bits per heavy atom. The average Bonchev–Trinajstić information content (AvgIpc) is 2.41. The lowest BCUT2D eigenvalue weighted by atomic mass is 10.3. The molecule has 0 fully saturated rings. The van der Waals surface area contributed by atoms with Gasteiger partial charge in [-0.1, -0.05) is 0 Å². The summed E-state index contributed by atoms with van der Waals surface area (Å²) < 4.78 is 0.680. The van der Waals surface area contributed by atoms with Gasteiger partial charge in [0.2, 0.25) is 0 Å². The van der Waals surface area contributed by atoms with Crippen molar-refractivity contribution >= 4 is 33.3 Å². The van der Waals surface area contributed by atoms with Gasteiger partial charge >= 0.3 is 0 Å². The van der Waals surface area contributed by atoms with Crippen molar-refractivity contribution in [1.82, 2.24) is 15.0 Å². The van der Waals surface area contributed by atoms with Crippen LogP contribution < -0.4 is 16.6 Å². The van der Waals surface area contributed by atoms with E-state index in [1.807, 2.05) is 0 Å². The highest BCUT2D eigenvalue weighted by atomic mass is 79.9. The molecule has 0 radical (unpaired) electrons. The molecule has 0 spiro atoms.